The minimum Gasteiger partial charge on any atom is -0.337 e. The van der Waals surface area contributed by atoms with Crippen LogP contribution in [-0.2, 0) is 13.1 Å². The van der Waals surface area contributed by atoms with Crippen LogP contribution in [0.2, 0.25) is 0 Å². The van der Waals surface area contributed by atoms with Crippen molar-refractivity contribution in [2.24, 2.45) is 0 Å². The van der Waals surface area contributed by atoms with Crippen LogP contribution < -0.4 is 5.56 Å². The zero-order valence-electron chi connectivity index (χ0n) is 11.8. The van der Waals surface area contributed by atoms with E-state index in [0.29, 0.717) is 11.2 Å². The van der Waals surface area contributed by atoms with E-state index in [1.54, 1.807) is 6.20 Å². The Bertz CT molecular complexity index is 761. The molecule has 0 aliphatic heterocycles. The first kappa shape index (κ1) is 14.0. The molecular formula is C14H17N5OS. The van der Waals surface area contributed by atoms with Gasteiger partial charge >= 0.3 is 0 Å². The fourth-order valence-corrected chi connectivity index (χ4v) is 3.00. The van der Waals surface area contributed by atoms with Crippen LogP contribution in [0.3, 0.4) is 0 Å². The van der Waals surface area contributed by atoms with Crippen molar-refractivity contribution in [1.82, 2.24) is 24.4 Å². The van der Waals surface area contributed by atoms with Crippen LogP contribution >= 0.6 is 11.3 Å². The SMILES string of the molecule is CN(CCCn1ccnc1)Cc1nc2ccsc2c(=O)[nH]1. The zero-order valence-corrected chi connectivity index (χ0v) is 12.6. The van der Waals surface area contributed by atoms with E-state index in [1.165, 1.54) is 11.3 Å². The molecule has 0 spiro atoms. The minimum absolute atomic E-state index is 0.0446. The van der Waals surface area contributed by atoms with Gasteiger partial charge in [-0.25, -0.2) is 9.97 Å². The molecular weight excluding hydrogens is 286 g/mol. The maximum Gasteiger partial charge on any atom is 0.268 e. The number of aryl methyl sites for hydroxylation is 1. The van der Waals surface area contributed by atoms with Crippen molar-refractivity contribution >= 4 is 21.6 Å². The highest BCUT2D eigenvalue weighted by Crippen LogP contribution is 2.14. The van der Waals surface area contributed by atoms with E-state index in [4.69, 9.17) is 0 Å². The van der Waals surface area contributed by atoms with E-state index in [1.807, 2.05) is 31.0 Å². The van der Waals surface area contributed by atoms with Crippen molar-refractivity contribution in [2.75, 3.05) is 13.6 Å². The van der Waals surface area contributed by atoms with Crippen molar-refractivity contribution < 1.29 is 0 Å². The lowest BCUT2D eigenvalue weighted by Gasteiger charge is -2.15. The lowest BCUT2D eigenvalue weighted by atomic mass is 10.3. The molecule has 0 aliphatic rings. The number of thiophene rings is 1. The van der Waals surface area contributed by atoms with Crippen LogP contribution in [0.4, 0.5) is 0 Å². The summed E-state index contributed by atoms with van der Waals surface area (Å²) in [5, 5.41) is 1.89. The Kier molecular flexibility index (Phi) is 4.12. The molecule has 0 atom stereocenters. The van der Waals surface area contributed by atoms with Crippen molar-refractivity contribution in [3.8, 4) is 0 Å². The number of aromatic amines is 1. The van der Waals surface area contributed by atoms with Crippen LogP contribution in [0.5, 0.6) is 0 Å². The Hall–Kier alpha value is -1.99. The van der Waals surface area contributed by atoms with Crippen molar-refractivity contribution in [2.45, 2.75) is 19.5 Å². The largest absolute Gasteiger partial charge is 0.337 e. The van der Waals surface area contributed by atoms with Gasteiger partial charge in [0.2, 0.25) is 0 Å². The third-order valence-electron chi connectivity index (χ3n) is 3.30. The highest BCUT2D eigenvalue weighted by molar-refractivity contribution is 7.17. The van der Waals surface area contributed by atoms with Gasteiger partial charge in [0.25, 0.3) is 5.56 Å². The molecule has 0 unspecified atom stereocenters. The lowest BCUT2D eigenvalue weighted by molar-refractivity contribution is 0.307. The van der Waals surface area contributed by atoms with E-state index in [2.05, 4.69) is 24.4 Å². The van der Waals surface area contributed by atoms with Gasteiger partial charge in [-0.05, 0) is 24.9 Å². The Morgan fingerprint density at radius 1 is 1.48 bits per heavy atom. The highest BCUT2D eigenvalue weighted by Gasteiger charge is 2.07. The normalized spacial score (nSPS) is 11.5. The van der Waals surface area contributed by atoms with Crippen LogP contribution in [0.15, 0.2) is 35.0 Å². The smallest absolute Gasteiger partial charge is 0.268 e. The number of nitrogens with one attached hydrogen (secondary N) is 1. The van der Waals surface area contributed by atoms with E-state index < -0.39 is 0 Å². The average Bonchev–Trinajstić information content (AvgIpc) is 3.09. The highest BCUT2D eigenvalue weighted by atomic mass is 32.1. The summed E-state index contributed by atoms with van der Waals surface area (Å²) in [6.45, 7) is 2.52. The molecule has 0 saturated heterocycles. The molecule has 0 bridgehead atoms. The molecule has 3 rings (SSSR count). The monoisotopic (exact) mass is 303 g/mol. The number of fused-ring (bicyclic) bond motifs is 1. The third-order valence-corrected chi connectivity index (χ3v) is 4.20. The molecule has 21 heavy (non-hydrogen) atoms. The first-order valence-electron chi connectivity index (χ1n) is 6.83. The minimum atomic E-state index is -0.0446. The fourth-order valence-electron chi connectivity index (χ4n) is 2.27. The molecule has 0 aromatic carbocycles. The first-order chi connectivity index (χ1) is 10.2. The Balaban J connectivity index is 1.58. The molecule has 0 aliphatic carbocycles. The average molecular weight is 303 g/mol. The maximum absolute atomic E-state index is 11.9. The van der Waals surface area contributed by atoms with E-state index >= 15 is 0 Å². The molecule has 110 valence electrons. The number of hydrogen-bond donors (Lipinski definition) is 1. The van der Waals surface area contributed by atoms with Gasteiger partial charge in [0.15, 0.2) is 0 Å². The molecule has 3 heterocycles. The Morgan fingerprint density at radius 2 is 2.38 bits per heavy atom. The number of rotatable bonds is 6. The number of nitrogens with zero attached hydrogens (tertiary/aromatic N) is 4. The van der Waals surface area contributed by atoms with E-state index in [0.717, 1.165) is 30.9 Å². The molecule has 0 amide bonds. The van der Waals surface area contributed by atoms with Gasteiger partial charge < -0.3 is 9.55 Å². The summed E-state index contributed by atoms with van der Waals surface area (Å²) >= 11 is 1.43. The predicted octanol–water partition coefficient (Wildman–Crippen LogP) is 1.70. The van der Waals surface area contributed by atoms with Gasteiger partial charge in [-0.15, -0.1) is 11.3 Å². The molecule has 0 radical (unpaired) electrons. The second-order valence-electron chi connectivity index (χ2n) is 5.04. The topological polar surface area (TPSA) is 66.8 Å². The molecule has 0 fully saturated rings. The number of hydrogen-bond acceptors (Lipinski definition) is 5. The molecule has 3 aromatic rings. The van der Waals surface area contributed by atoms with E-state index in [9.17, 15) is 4.79 Å². The van der Waals surface area contributed by atoms with Crippen LogP contribution in [0.25, 0.3) is 10.2 Å². The van der Waals surface area contributed by atoms with Gasteiger partial charge in [0.05, 0.1) is 18.4 Å². The summed E-state index contributed by atoms with van der Waals surface area (Å²) in [4.78, 5) is 25.4. The maximum atomic E-state index is 11.9. The van der Waals surface area contributed by atoms with Gasteiger partial charge in [-0.3, -0.25) is 9.69 Å². The molecule has 6 nitrogen and oxygen atoms in total. The Labute approximate surface area is 126 Å². The molecule has 0 saturated carbocycles. The number of aromatic nitrogens is 4. The zero-order chi connectivity index (χ0) is 14.7. The van der Waals surface area contributed by atoms with Gasteiger partial charge in [0.1, 0.15) is 10.5 Å². The second kappa shape index (κ2) is 6.19. The second-order valence-corrected chi connectivity index (χ2v) is 5.96. The Morgan fingerprint density at radius 3 is 3.19 bits per heavy atom. The number of imidazole rings is 1. The van der Waals surface area contributed by atoms with Gasteiger partial charge in [0, 0.05) is 25.5 Å². The van der Waals surface area contributed by atoms with Crippen LogP contribution in [-0.4, -0.2) is 38.0 Å². The predicted molar refractivity (Wildman–Crippen MR) is 83.4 cm³/mol. The summed E-state index contributed by atoms with van der Waals surface area (Å²) in [5.41, 5.74) is 0.738. The van der Waals surface area contributed by atoms with Gasteiger partial charge in [-0.1, -0.05) is 0 Å². The first-order valence-corrected chi connectivity index (χ1v) is 7.71. The quantitative estimate of drug-likeness (QED) is 0.753. The van der Waals surface area contributed by atoms with Crippen molar-refractivity contribution in [3.63, 3.8) is 0 Å². The summed E-state index contributed by atoms with van der Waals surface area (Å²) in [6, 6.07) is 1.89. The summed E-state index contributed by atoms with van der Waals surface area (Å²) in [5.74, 6) is 0.719. The lowest BCUT2D eigenvalue weighted by Crippen LogP contribution is -2.23. The van der Waals surface area contributed by atoms with Crippen molar-refractivity contribution in [3.05, 3.63) is 46.3 Å². The molecule has 7 heteroatoms. The number of H-pyrrole nitrogens is 1. The van der Waals surface area contributed by atoms with Gasteiger partial charge in [-0.2, -0.15) is 0 Å². The summed E-state index contributed by atoms with van der Waals surface area (Å²) < 4.78 is 2.76. The van der Waals surface area contributed by atoms with Crippen molar-refractivity contribution in [1.29, 1.82) is 0 Å². The van der Waals surface area contributed by atoms with Crippen LogP contribution in [0, 0.1) is 0 Å². The molecule has 3 aromatic heterocycles. The van der Waals surface area contributed by atoms with E-state index in [-0.39, 0.29) is 5.56 Å². The molecule has 1 N–H and O–H groups in total. The summed E-state index contributed by atoms with van der Waals surface area (Å²) in [7, 11) is 2.03. The third kappa shape index (κ3) is 3.37. The standard InChI is InChI=1S/C14H17N5OS/c1-18(5-2-6-19-7-4-15-10-19)9-12-16-11-3-8-21-13(11)14(20)17-12/h3-4,7-8,10H,2,5-6,9H2,1H3,(H,16,17,20). The summed E-state index contributed by atoms with van der Waals surface area (Å²) in [6.07, 6.45) is 6.60. The van der Waals surface area contributed by atoms with Crippen LogP contribution in [0.1, 0.15) is 12.2 Å². The fraction of sp³-hybridized carbons (Fsp3) is 0.357.